The first kappa shape index (κ1) is 56.5. The van der Waals surface area contributed by atoms with Crippen molar-refractivity contribution >= 4 is 63.4 Å². The molecule has 2 aromatic heterocycles. The molecule has 2 aliphatic rings. The predicted octanol–water partition coefficient (Wildman–Crippen LogP) is 9.93. The number of halogens is 2. The van der Waals surface area contributed by atoms with Crippen molar-refractivity contribution < 1.29 is 47.0 Å². The molecular weight excluding hydrogens is 1040 g/mol. The minimum absolute atomic E-state index is 0.0110. The molecule has 8 aromatic rings. The number of carbonyl (C=O) groups excluding carboxylic acids is 5. The maximum absolute atomic E-state index is 14.5. The largest absolute Gasteiger partial charge is 0.460 e. The Hall–Kier alpha value is -9.23. The average molecular weight is 1100 g/mol. The Bertz CT molecular complexity index is 3770. The molecule has 0 fully saturated rings. The molecule has 19 heteroatoms. The van der Waals surface area contributed by atoms with Gasteiger partial charge in [-0.05, 0) is 153 Å². The van der Waals surface area contributed by atoms with Crippen LogP contribution in [-0.4, -0.2) is 70.6 Å². The van der Waals surface area contributed by atoms with Crippen LogP contribution in [0.1, 0.15) is 109 Å². The maximum Gasteiger partial charge on any atom is 0.325 e. The molecule has 0 unspecified atom stereocenters. The van der Waals surface area contributed by atoms with Crippen LogP contribution in [0.2, 0.25) is 0 Å². The van der Waals surface area contributed by atoms with Crippen LogP contribution in [0.15, 0.2) is 121 Å². The van der Waals surface area contributed by atoms with Crippen LogP contribution in [0.25, 0.3) is 44.1 Å². The lowest BCUT2D eigenvalue weighted by atomic mass is 9.89. The molecule has 2 aliphatic heterocycles. The molecule has 6 N–H and O–H groups in total. The molecule has 0 spiro atoms. The summed E-state index contributed by atoms with van der Waals surface area (Å²) in [6, 6.07) is 34.5. The number of rotatable bonds is 12. The van der Waals surface area contributed by atoms with Gasteiger partial charge in [-0.2, -0.15) is 0 Å². The van der Waals surface area contributed by atoms with Gasteiger partial charge in [-0.25, -0.2) is 28.7 Å². The summed E-state index contributed by atoms with van der Waals surface area (Å²) in [6.45, 7) is 13.2. The van der Waals surface area contributed by atoms with Crippen LogP contribution in [0.5, 0.6) is 0 Å². The van der Waals surface area contributed by atoms with E-state index in [-0.39, 0.29) is 54.7 Å². The van der Waals surface area contributed by atoms with E-state index in [4.69, 9.17) is 31.4 Å². The molecule has 4 heterocycles. The summed E-state index contributed by atoms with van der Waals surface area (Å²) in [5.74, 6) is -3.23. The number of ether oxygens (including phenoxy) is 3. The third-order valence-corrected chi connectivity index (χ3v) is 13.7. The van der Waals surface area contributed by atoms with Crippen molar-refractivity contribution in [1.29, 1.82) is 0 Å². The standard InChI is InChI=1S/C34H35FN4O5.C28H26FN5O3/c1-33(2,3)44-28(40)16-34(4,5)31(42)43-19-23-10-12-24(35)15-25(23)20-11-13-27-26(14-20)29(38-32(36)37-27)30(41)39-17-21-8-6-7-9-22(21)18-39;1-28(2,31)26(36)37-15-19-7-9-20(29)12-21(19)16-8-10-23-22(11-16)24(33-27(30)32-23)25(35)34-13-17-5-3-4-6-18(17)14-34/h6-15H,16-19H2,1-5H3,(H2,36,37,38);3-12H,13-15,31H2,1-2H3,(H2,30,32,33). The van der Waals surface area contributed by atoms with Crippen molar-refractivity contribution in [2.45, 2.75) is 105 Å². The molecule has 10 rings (SSSR count). The number of nitrogens with two attached hydrogens (primary N) is 3. The van der Waals surface area contributed by atoms with Gasteiger partial charge in [-0.3, -0.25) is 24.0 Å². The van der Waals surface area contributed by atoms with Crippen LogP contribution < -0.4 is 17.2 Å². The molecule has 6 aromatic carbocycles. The van der Waals surface area contributed by atoms with Gasteiger partial charge in [0.1, 0.15) is 47.4 Å². The van der Waals surface area contributed by atoms with Crippen molar-refractivity contribution in [3.63, 3.8) is 0 Å². The molecule has 0 saturated carbocycles. The number of hydrogen-bond donors (Lipinski definition) is 3. The first-order chi connectivity index (χ1) is 38.3. The highest BCUT2D eigenvalue weighted by Gasteiger charge is 2.35. The Labute approximate surface area is 466 Å². The molecule has 416 valence electrons. The van der Waals surface area contributed by atoms with E-state index in [0.717, 1.165) is 22.3 Å². The normalized spacial score (nSPS) is 13.1. The highest BCUT2D eigenvalue weighted by atomic mass is 19.1. The number of carbonyl (C=O) groups is 5. The quantitative estimate of drug-likeness (QED) is 0.0760. The zero-order chi connectivity index (χ0) is 58.1. The fourth-order valence-corrected chi connectivity index (χ4v) is 9.57. The first-order valence-electron chi connectivity index (χ1n) is 26.1. The Kier molecular flexibility index (Phi) is 15.7. The Morgan fingerprint density at radius 3 is 1.31 bits per heavy atom. The van der Waals surface area contributed by atoms with E-state index in [1.807, 2.05) is 48.5 Å². The van der Waals surface area contributed by atoms with Crippen molar-refractivity contribution in [3.05, 3.63) is 178 Å². The van der Waals surface area contributed by atoms with Crippen LogP contribution in [0.4, 0.5) is 20.7 Å². The van der Waals surface area contributed by atoms with Gasteiger partial charge < -0.3 is 41.2 Å². The molecule has 0 aliphatic carbocycles. The van der Waals surface area contributed by atoms with Gasteiger partial charge in [0.15, 0.2) is 0 Å². The lowest BCUT2D eigenvalue weighted by molar-refractivity contribution is -0.166. The van der Waals surface area contributed by atoms with Gasteiger partial charge in [-0.1, -0.05) is 72.8 Å². The number of benzene rings is 6. The van der Waals surface area contributed by atoms with E-state index < -0.39 is 46.1 Å². The average Bonchev–Trinajstić information content (AvgIpc) is 4.28. The van der Waals surface area contributed by atoms with Crippen LogP contribution in [-0.2, 0) is 68.0 Å². The van der Waals surface area contributed by atoms with Crippen LogP contribution in [0.3, 0.4) is 0 Å². The van der Waals surface area contributed by atoms with Gasteiger partial charge in [0.25, 0.3) is 11.8 Å². The molecule has 0 atom stereocenters. The lowest BCUT2D eigenvalue weighted by Gasteiger charge is -2.25. The molecule has 17 nitrogen and oxygen atoms in total. The number of nitrogens with zero attached hydrogens (tertiary/aromatic N) is 6. The van der Waals surface area contributed by atoms with E-state index in [1.54, 1.807) is 101 Å². The summed E-state index contributed by atoms with van der Waals surface area (Å²) in [5.41, 5.74) is 23.6. The Morgan fingerprint density at radius 1 is 0.531 bits per heavy atom. The Morgan fingerprint density at radius 2 is 0.926 bits per heavy atom. The van der Waals surface area contributed by atoms with E-state index in [9.17, 15) is 32.8 Å². The first-order valence-corrected chi connectivity index (χ1v) is 26.1. The lowest BCUT2D eigenvalue weighted by Crippen LogP contribution is -2.42. The molecule has 0 radical (unpaired) electrons. The maximum atomic E-state index is 14.5. The van der Waals surface area contributed by atoms with Gasteiger partial charge in [-0.15, -0.1) is 0 Å². The molecular formula is C62H61F2N9O8. The summed E-state index contributed by atoms with van der Waals surface area (Å²) in [4.78, 5) is 85.4. The second-order valence-corrected chi connectivity index (χ2v) is 22.3. The van der Waals surface area contributed by atoms with Gasteiger partial charge >= 0.3 is 17.9 Å². The number of fused-ring (bicyclic) bond motifs is 4. The van der Waals surface area contributed by atoms with E-state index >= 15 is 0 Å². The third kappa shape index (κ3) is 12.9. The van der Waals surface area contributed by atoms with Gasteiger partial charge in [0.05, 0.1) is 22.9 Å². The van der Waals surface area contributed by atoms with E-state index in [1.165, 1.54) is 30.3 Å². The fraction of sp³-hybridized carbons (Fsp3) is 0.274. The summed E-state index contributed by atoms with van der Waals surface area (Å²) in [6.07, 6.45) is -0.161. The van der Waals surface area contributed by atoms with E-state index in [0.29, 0.717) is 81.4 Å². The molecule has 81 heavy (non-hydrogen) atoms. The van der Waals surface area contributed by atoms with Gasteiger partial charge in [0, 0.05) is 37.0 Å². The van der Waals surface area contributed by atoms with Crippen molar-refractivity contribution in [2.24, 2.45) is 11.1 Å². The van der Waals surface area contributed by atoms with Crippen molar-refractivity contribution in [2.75, 3.05) is 11.5 Å². The zero-order valence-corrected chi connectivity index (χ0v) is 45.9. The summed E-state index contributed by atoms with van der Waals surface area (Å²) in [7, 11) is 0. The zero-order valence-electron chi connectivity index (χ0n) is 45.9. The fourth-order valence-electron chi connectivity index (χ4n) is 9.57. The summed E-state index contributed by atoms with van der Waals surface area (Å²) < 4.78 is 45.2. The SMILES string of the molecule is CC(C)(C)OC(=O)CC(C)(C)C(=O)OCc1ccc(F)cc1-c1ccc2nc(N)nc(C(=O)N3Cc4ccccc4C3)c2c1.CC(C)(N)C(=O)OCc1ccc(F)cc1-c1ccc2nc(N)nc(C(=O)N3Cc4ccccc4C3)c2c1. The minimum Gasteiger partial charge on any atom is -0.460 e. The highest BCUT2D eigenvalue weighted by Crippen LogP contribution is 2.35. The third-order valence-electron chi connectivity index (χ3n) is 13.7. The van der Waals surface area contributed by atoms with Crippen molar-refractivity contribution in [1.82, 2.24) is 29.7 Å². The molecule has 2 amide bonds. The number of anilines is 2. The topological polar surface area (TPSA) is 249 Å². The smallest absolute Gasteiger partial charge is 0.325 e. The highest BCUT2D eigenvalue weighted by molar-refractivity contribution is 6.07. The monoisotopic (exact) mass is 1100 g/mol. The van der Waals surface area contributed by atoms with Crippen LogP contribution in [0, 0.1) is 17.0 Å². The number of aromatic nitrogens is 4. The minimum atomic E-state index is -1.16. The second kappa shape index (κ2) is 22.5. The van der Waals surface area contributed by atoms with Crippen LogP contribution >= 0.6 is 0 Å². The molecule has 0 saturated heterocycles. The number of esters is 3. The number of nitrogen functional groups attached to an aromatic ring is 2. The van der Waals surface area contributed by atoms with Crippen molar-refractivity contribution in [3.8, 4) is 22.3 Å². The Balaban J connectivity index is 0.000000198. The number of hydrogen-bond acceptors (Lipinski definition) is 15. The molecule has 0 bridgehead atoms. The predicted molar refractivity (Wildman–Crippen MR) is 301 cm³/mol. The second-order valence-electron chi connectivity index (χ2n) is 22.3. The number of amides is 2. The van der Waals surface area contributed by atoms with E-state index in [2.05, 4.69) is 19.9 Å². The summed E-state index contributed by atoms with van der Waals surface area (Å²) >= 11 is 0. The van der Waals surface area contributed by atoms with Gasteiger partial charge in [0.2, 0.25) is 11.9 Å². The summed E-state index contributed by atoms with van der Waals surface area (Å²) in [5, 5.41) is 0.950.